The third kappa shape index (κ3) is 5.00. The molecule has 3 N–H and O–H groups in total. The Bertz CT molecular complexity index is 828. The molecule has 0 aliphatic heterocycles. The molecule has 0 saturated carbocycles. The van der Waals surface area contributed by atoms with Crippen molar-refractivity contribution in [2.45, 2.75) is 13.8 Å². The summed E-state index contributed by atoms with van der Waals surface area (Å²) in [4.78, 5) is 46.7. The molecule has 7 nitrogen and oxygen atoms in total. The van der Waals surface area contributed by atoms with Crippen LogP contribution in [0, 0.1) is 0 Å². The molecule has 2 aromatic rings. The fourth-order valence-electron chi connectivity index (χ4n) is 2.13. The first-order valence-electron chi connectivity index (χ1n) is 7.47. The molecule has 7 heteroatoms. The number of para-hydroxylation sites is 1. The molecule has 25 heavy (non-hydrogen) atoms. The normalized spacial score (nSPS) is 9.84. The summed E-state index contributed by atoms with van der Waals surface area (Å²) in [7, 11) is 0. The SMILES string of the molecule is CC(=O)Nc1ccc(NC(=O)C(=O)c2ccccc2NC(C)=O)cc1. The van der Waals surface area contributed by atoms with Gasteiger partial charge in [-0.25, -0.2) is 0 Å². The van der Waals surface area contributed by atoms with Crippen molar-refractivity contribution in [1.29, 1.82) is 0 Å². The molecule has 0 unspecified atom stereocenters. The quantitative estimate of drug-likeness (QED) is 0.575. The van der Waals surface area contributed by atoms with E-state index in [1.165, 1.54) is 19.9 Å². The zero-order valence-electron chi connectivity index (χ0n) is 13.8. The number of hydrogen-bond donors (Lipinski definition) is 3. The van der Waals surface area contributed by atoms with Crippen molar-refractivity contribution in [2.24, 2.45) is 0 Å². The number of carbonyl (C=O) groups is 4. The van der Waals surface area contributed by atoms with Crippen LogP contribution < -0.4 is 16.0 Å². The molecule has 0 radical (unpaired) electrons. The summed E-state index contributed by atoms with van der Waals surface area (Å²) in [5, 5.41) is 7.61. The Balaban J connectivity index is 2.12. The van der Waals surface area contributed by atoms with Gasteiger partial charge in [0.15, 0.2) is 0 Å². The largest absolute Gasteiger partial charge is 0.326 e. The molecule has 0 heterocycles. The predicted molar refractivity (Wildman–Crippen MR) is 94.5 cm³/mol. The lowest BCUT2D eigenvalue weighted by Gasteiger charge is -2.10. The van der Waals surface area contributed by atoms with Gasteiger partial charge in [0.05, 0.1) is 11.3 Å². The summed E-state index contributed by atoms with van der Waals surface area (Å²) in [6, 6.07) is 12.6. The van der Waals surface area contributed by atoms with Crippen LogP contribution in [-0.4, -0.2) is 23.5 Å². The summed E-state index contributed by atoms with van der Waals surface area (Å²) < 4.78 is 0. The second kappa shape index (κ2) is 7.87. The van der Waals surface area contributed by atoms with Gasteiger partial charge in [-0.1, -0.05) is 12.1 Å². The topological polar surface area (TPSA) is 104 Å². The van der Waals surface area contributed by atoms with Crippen LogP contribution in [0.2, 0.25) is 0 Å². The minimum absolute atomic E-state index is 0.102. The molecule has 0 atom stereocenters. The van der Waals surface area contributed by atoms with E-state index in [9.17, 15) is 19.2 Å². The third-order valence-corrected chi connectivity index (χ3v) is 3.15. The van der Waals surface area contributed by atoms with Gasteiger partial charge in [-0.15, -0.1) is 0 Å². The first-order valence-corrected chi connectivity index (χ1v) is 7.47. The third-order valence-electron chi connectivity index (χ3n) is 3.15. The number of hydrogen-bond acceptors (Lipinski definition) is 4. The Morgan fingerprint density at radius 3 is 1.76 bits per heavy atom. The maximum atomic E-state index is 12.3. The molecule has 0 spiro atoms. The highest BCUT2D eigenvalue weighted by molar-refractivity contribution is 6.47. The monoisotopic (exact) mass is 339 g/mol. The van der Waals surface area contributed by atoms with E-state index in [4.69, 9.17) is 0 Å². The van der Waals surface area contributed by atoms with Gasteiger partial charge in [0.25, 0.3) is 11.7 Å². The van der Waals surface area contributed by atoms with E-state index in [0.29, 0.717) is 11.4 Å². The van der Waals surface area contributed by atoms with Gasteiger partial charge in [-0.2, -0.15) is 0 Å². The first-order chi connectivity index (χ1) is 11.9. The van der Waals surface area contributed by atoms with Crippen LogP contribution in [-0.2, 0) is 14.4 Å². The Hall–Kier alpha value is -3.48. The van der Waals surface area contributed by atoms with E-state index in [0.717, 1.165) is 0 Å². The van der Waals surface area contributed by atoms with Crippen molar-refractivity contribution in [3.8, 4) is 0 Å². The van der Waals surface area contributed by atoms with Crippen LogP contribution in [0.25, 0.3) is 0 Å². The smallest absolute Gasteiger partial charge is 0.296 e. The minimum atomic E-state index is -0.829. The number of nitrogens with one attached hydrogen (secondary N) is 3. The second-order valence-electron chi connectivity index (χ2n) is 5.27. The molecule has 2 aromatic carbocycles. The van der Waals surface area contributed by atoms with Crippen LogP contribution in [0.1, 0.15) is 24.2 Å². The van der Waals surface area contributed by atoms with Crippen molar-refractivity contribution in [1.82, 2.24) is 0 Å². The van der Waals surface area contributed by atoms with E-state index in [-0.39, 0.29) is 23.1 Å². The minimum Gasteiger partial charge on any atom is -0.326 e. The average molecular weight is 339 g/mol. The molecule has 0 bridgehead atoms. The van der Waals surface area contributed by atoms with Crippen LogP contribution >= 0.6 is 0 Å². The van der Waals surface area contributed by atoms with Gasteiger partial charge < -0.3 is 16.0 Å². The van der Waals surface area contributed by atoms with Gasteiger partial charge in [0, 0.05) is 25.2 Å². The number of rotatable bonds is 5. The molecule has 128 valence electrons. The Labute approximate surface area is 144 Å². The second-order valence-corrected chi connectivity index (χ2v) is 5.27. The van der Waals surface area contributed by atoms with E-state index in [2.05, 4.69) is 16.0 Å². The van der Waals surface area contributed by atoms with Crippen LogP contribution in [0.4, 0.5) is 17.1 Å². The summed E-state index contributed by atoms with van der Waals surface area (Å²) >= 11 is 0. The predicted octanol–water partition coefficient (Wildman–Crippen LogP) is 2.42. The number of Topliss-reactive ketones (excluding diaryl/α,β-unsaturated/α-hetero) is 1. The fraction of sp³-hybridized carbons (Fsp3) is 0.111. The highest BCUT2D eigenvalue weighted by Gasteiger charge is 2.20. The maximum absolute atomic E-state index is 12.3. The standard InChI is InChI=1S/C18H17N3O4/c1-11(22)19-13-7-9-14(10-8-13)21-18(25)17(24)15-5-3-4-6-16(15)20-12(2)23/h3-10H,1-2H3,(H,19,22)(H,20,23)(H,21,25). The molecule has 0 fully saturated rings. The Morgan fingerprint density at radius 1 is 0.680 bits per heavy atom. The maximum Gasteiger partial charge on any atom is 0.296 e. The number of amides is 3. The summed E-state index contributed by atoms with van der Waals surface area (Å²) in [6.45, 7) is 2.71. The van der Waals surface area contributed by atoms with Crippen LogP contribution in [0.15, 0.2) is 48.5 Å². The first kappa shape index (κ1) is 17.9. The zero-order chi connectivity index (χ0) is 18.4. The van der Waals surface area contributed by atoms with Gasteiger partial charge in [-0.05, 0) is 36.4 Å². The van der Waals surface area contributed by atoms with Gasteiger partial charge in [0.1, 0.15) is 0 Å². The van der Waals surface area contributed by atoms with E-state index < -0.39 is 11.7 Å². The Morgan fingerprint density at radius 2 is 1.20 bits per heavy atom. The summed E-state index contributed by atoms with van der Waals surface area (Å²) in [6.07, 6.45) is 0. The molecule has 0 aliphatic rings. The summed E-state index contributed by atoms with van der Waals surface area (Å²) in [5.41, 5.74) is 1.36. The van der Waals surface area contributed by atoms with Crippen molar-refractivity contribution in [3.63, 3.8) is 0 Å². The van der Waals surface area contributed by atoms with Gasteiger partial charge >= 0.3 is 0 Å². The molecule has 3 amide bonds. The van der Waals surface area contributed by atoms with Crippen molar-refractivity contribution in [2.75, 3.05) is 16.0 Å². The van der Waals surface area contributed by atoms with Crippen molar-refractivity contribution < 1.29 is 19.2 Å². The van der Waals surface area contributed by atoms with Crippen LogP contribution in [0.3, 0.4) is 0 Å². The lowest BCUT2D eigenvalue weighted by Crippen LogP contribution is -2.24. The molecule has 2 rings (SSSR count). The highest BCUT2D eigenvalue weighted by Crippen LogP contribution is 2.18. The lowest BCUT2D eigenvalue weighted by molar-refractivity contribution is -0.115. The number of anilines is 3. The van der Waals surface area contributed by atoms with Crippen LogP contribution in [0.5, 0.6) is 0 Å². The van der Waals surface area contributed by atoms with E-state index in [1.54, 1.807) is 42.5 Å². The number of benzene rings is 2. The fourth-order valence-corrected chi connectivity index (χ4v) is 2.13. The number of ketones is 1. The van der Waals surface area contributed by atoms with Gasteiger partial charge in [0.2, 0.25) is 11.8 Å². The average Bonchev–Trinajstić information content (AvgIpc) is 2.55. The summed E-state index contributed by atoms with van der Waals surface area (Å²) in [5.74, 6) is -2.14. The molecular weight excluding hydrogens is 322 g/mol. The zero-order valence-corrected chi connectivity index (χ0v) is 13.8. The molecule has 0 aromatic heterocycles. The lowest BCUT2D eigenvalue weighted by atomic mass is 10.1. The molecular formula is C18H17N3O4. The van der Waals surface area contributed by atoms with Gasteiger partial charge in [-0.3, -0.25) is 19.2 Å². The Kier molecular flexibility index (Phi) is 5.62. The molecule has 0 saturated heterocycles. The van der Waals surface area contributed by atoms with Crippen molar-refractivity contribution >= 4 is 40.6 Å². The van der Waals surface area contributed by atoms with Crippen molar-refractivity contribution in [3.05, 3.63) is 54.1 Å². The number of carbonyl (C=O) groups excluding carboxylic acids is 4. The highest BCUT2D eigenvalue weighted by atomic mass is 16.2. The van der Waals surface area contributed by atoms with E-state index in [1.807, 2.05) is 0 Å². The molecule has 0 aliphatic carbocycles. The van der Waals surface area contributed by atoms with E-state index >= 15 is 0 Å².